The maximum Gasteiger partial charge on any atom is 0.413 e. The number of rotatable bonds is 5. The third-order valence-electron chi connectivity index (χ3n) is 2.98. The SMILES string of the molecule is O=C(O)CC(n1nc([N+](=O)[O-])cc1C1CC1)C(F)(F)F. The van der Waals surface area contributed by atoms with Gasteiger partial charge in [0.25, 0.3) is 0 Å². The molecule has 0 amide bonds. The number of hydrogen-bond acceptors (Lipinski definition) is 4. The number of alkyl halides is 3. The van der Waals surface area contributed by atoms with Crippen LogP contribution in [-0.4, -0.2) is 32.0 Å². The van der Waals surface area contributed by atoms with Crippen molar-refractivity contribution in [2.24, 2.45) is 0 Å². The lowest BCUT2D eigenvalue weighted by Gasteiger charge is -2.18. The molecule has 1 aromatic rings. The molecular weight excluding hydrogens is 283 g/mol. The minimum absolute atomic E-state index is 0.0697. The Balaban J connectivity index is 2.45. The average molecular weight is 293 g/mol. The van der Waals surface area contributed by atoms with Crippen molar-refractivity contribution >= 4 is 11.8 Å². The Hall–Kier alpha value is -2.13. The van der Waals surface area contributed by atoms with Crippen LogP contribution in [0.3, 0.4) is 0 Å². The van der Waals surface area contributed by atoms with Crippen molar-refractivity contribution in [2.75, 3.05) is 0 Å². The van der Waals surface area contributed by atoms with E-state index >= 15 is 0 Å². The highest BCUT2D eigenvalue weighted by molar-refractivity contribution is 5.67. The molecule has 1 atom stereocenters. The lowest BCUT2D eigenvalue weighted by molar-refractivity contribution is -0.390. The van der Waals surface area contributed by atoms with E-state index < -0.39 is 35.3 Å². The van der Waals surface area contributed by atoms with Gasteiger partial charge >= 0.3 is 18.0 Å². The van der Waals surface area contributed by atoms with Crippen LogP contribution in [-0.2, 0) is 4.79 Å². The molecule has 7 nitrogen and oxygen atoms in total. The van der Waals surface area contributed by atoms with E-state index in [2.05, 4.69) is 5.10 Å². The molecule has 10 heteroatoms. The van der Waals surface area contributed by atoms with Gasteiger partial charge in [-0.25, -0.2) is 0 Å². The van der Waals surface area contributed by atoms with Gasteiger partial charge in [0.05, 0.1) is 23.3 Å². The molecule has 0 radical (unpaired) electrons. The third-order valence-corrected chi connectivity index (χ3v) is 2.98. The summed E-state index contributed by atoms with van der Waals surface area (Å²) in [5.74, 6) is -2.58. The largest absolute Gasteiger partial charge is 0.481 e. The van der Waals surface area contributed by atoms with Gasteiger partial charge in [0.15, 0.2) is 6.04 Å². The number of carboxylic acids is 1. The summed E-state index contributed by atoms with van der Waals surface area (Å²) in [4.78, 5) is 20.3. The Morgan fingerprint density at radius 1 is 1.60 bits per heavy atom. The molecule has 1 aliphatic carbocycles. The van der Waals surface area contributed by atoms with Gasteiger partial charge in [0.1, 0.15) is 0 Å². The maximum absolute atomic E-state index is 12.9. The lowest BCUT2D eigenvalue weighted by atomic mass is 10.2. The van der Waals surface area contributed by atoms with Crippen LogP contribution < -0.4 is 0 Å². The molecule has 0 bridgehead atoms. The van der Waals surface area contributed by atoms with Crippen LogP contribution in [0.25, 0.3) is 0 Å². The predicted molar refractivity (Wildman–Crippen MR) is 58.2 cm³/mol. The minimum atomic E-state index is -4.85. The molecule has 1 N–H and O–H groups in total. The fourth-order valence-corrected chi connectivity index (χ4v) is 1.92. The number of hydrogen-bond donors (Lipinski definition) is 1. The Bertz CT molecular complexity index is 550. The molecule has 0 aromatic carbocycles. The summed E-state index contributed by atoms with van der Waals surface area (Å²) in [7, 11) is 0. The van der Waals surface area contributed by atoms with E-state index in [4.69, 9.17) is 5.11 Å². The number of nitrogens with zero attached hydrogens (tertiary/aromatic N) is 3. The second-order valence-electron chi connectivity index (χ2n) is 4.56. The summed E-state index contributed by atoms with van der Waals surface area (Å²) >= 11 is 0. The lowest BCUT2D eigenvalue weighted by Crippen LogP contribution is -2.30. The fraction of sp³-hybridized carbons (Fsp3) is 0.600. The zero-order valence-electron chi connectivity index (χ0n) is 10.0. The first-order chi connectivity index (χ1) is 9.20. The molecule has 2 rings (SSSR count). The van der Waals surface area contributed by atoms with Crippen LogP contribution in [0, 0.1) is 10.1 Å². The summed E-state index contributed by atoms with van der Waals surface area (Å²) in [6.45, 7) is 0. The zero-order valence-corrected chi connectivity index (χ0v) is 10.0. The van der Waals surface area contributed by atoms with Gasteiger partial charge in [-0.15, -0.1) is 0 Å². The summed E-state index contributed by atoms with van der Waals surface area (Å²) in [6, 6.07) is -1.41. The van der Waals surface area contributed by atoms with Crippen LogP contribution in [0.5, 0.6) is 0 Å². The van der Waals surface area contributed by atoms with Crippen molar-refractivity contribution in [3.63, 3.8) is 0 Å². The number of carbonyl (C=O) groups is 1. The van der Waals surface area contributed by atoms with Crippen LogP contribution in [0.4, 0.5) is 19.0 Å². The normalized spacial score (nSPS) is 16.9. The van der Waals surface area contributed by atoms with Crippen LogP contribution in [0.2, 0.25) is 0 Å². The Morgan fingerprint density at radius 2 is 2.20 bits per heavy atom. The van der Waals surface area contributed by atoms with E-state index in [0.717, 1.165) is 6.07 Å². The highest BCUT2D eigenvalue weighted by Crippen LogP contribution is 2.44. The molecule has 1 aromatic heterocycles. The van der Waals surface area contributed by atoms with Crippen molar-refractivity contribution < 1.29 is 28.0 Å². The van der Waals surface area contributed by atoms with E-state index in [0.29, 0.717) is 17.5 Å². The van der Waals surface area contributed by atoms with Gasteiger partial charge in [0.2, 0.25) is 0 Å². The second kappa shape index (κ2) is 4.76. The van der Waals surface area contributed by atoms with Gasteiger partial charge < -0.3 is 15.2 Å². The first-order valence-electron chi connectivity index (χ1n) is 5.72. The first kappa shape index (κ1) is 14.3. The Kier molecular flexibility index (Phi) is 3.40. The second-order valence-corrected chi connectivity index (χ2v) is 4.56. The van der Waals surface area contributed by atoms with Crippen molar-refractivity contribution in [3.05, 3.63) is 21.9 Å². The monoisotopic (exact) mass is 293 g/mol. The topological polar surface area (TPSA) is 98.3 Å². The highest BCUT2D eigenvalue weighted by atomic mass is 19.4. The quantitative estimate of drug-likeness (QED) is 0.663. The summed E-state index contributed by atoms with van der Waals surface area (Å²) in [6.07, 6.45) is -4.84. The number of aromatic nitrogens is 2. The standard InChI is InChI=1S/C10H10F3N3O4/c11-10(12,13)7(4-9(17)18)15-6(5-1-2-5)3-8(14-15)16(19)20/h3,5,7H,1-2,4H2,(H,17,18). The van der Waals surface area contributed by atoms with Crippen molar-refractivity contribution in [3.8, 4) is 0 Å². The summed E-state index contributed by atoms with van der Waals surface area (Å²) in [5.41, 5.74) is 0.0697. The van der Waals surface area contributed by atoms with E-state index in [1.54, 1.807) is 0 Å². The van der Waals surface area contributed by atoms with Crippen LogP contribution >= 0.6 is 0 Å². The molecule has 1 fully saturated rings. The molecule has 1 saturated carbocycles. The number of nitro groups is 1. The van der Waals surface area contributed by atoms with Crippen molar-refractivity contribution in [1.29, 1.82) is 0 Å². The van der Waals surface area contributed by atoms with E-state index in [-0.39, 0.29) is 11.6 Å². The van der Waals surface area contributed by atoms with Crippen molar-refractivity contribution in [2.45, 2.75) is 37.4 Å². The Labute approximate surface area is 110 Å². The Morgan fingerprint density at radius 3 is 2.60 bits per heavy atom. The first-order valence-corrected chi connectivity index (χ1v) is 5.72. The molecule has 1 aliphatic rings. The minimum Gasteiger partial charge on any atom is -0.481 e. The van der Waals surface area contributed by atoms with Crippen LogP contribution in [0.15, 0.2) is 6.07 Å². The molecule has 110 valence electrons. The van der Waals surface area contributed by atoms with E-state index in [1.165, 1.54) is 0 Å². The number of carboxylic acid groups (broad SMARTS) is 1. The fourth-order valence-electron chi connectivity index (χ4n) is 1.92. The number of aliphatic carboxylic acids is 1. The van der Waals surface area contributed by atoms with Gasteiger partial charge in [-0.2, -0.15) is 17.9 Å². The van der Waals surface area contributed by atoms with E-state index in [9.17, 15) is 28.1 Å². The van der Waals surface area contributed by atoms with Crippen LogP contribution in [0.1, 0.15) is 36.9 Å². The van der Waals surface area contributed by atoms with Gasteiger partial charge in [-0.1, -0.05) is 0 Å². The smallest absolute Gasteiger partial charge is 0.413 e. The van der Waals surface area contributed by atoms with Gasteiger partial charge in [-0.3, -0.25) is 4.79 Å². The van der Waals surface area contributed by atoms with E-state index in [1.807, 2.05) is 0 Å². The summed E-state index contributed by atoms with van der Waals surface area (Å²) in [5, 5.41) is 22.6. The molecule has 0 saturated heterocycles. The average Bonchev–Trinajstić information content (AvgIpc) is 3.04. The summed E-state index contributed by atoms with van der Waals surface area (Å²) < 4.78 is 39.3. The van der Waals surface area contributed by atoms with Crippen molar-refractivity contribution in [1.82, 2.24) is 9.78 Å². The van der Waals surface area contributed by atoms with Gasteiger partial charge in [0, 0.05) is 5.92 Å². The highest BCUT2D eigenvalue weighted by Gasteiger charge is 2.48. The maximum atomic E-state index is 12.9. The molecule has 0 aliphatic heterocycles. The predicted octanol–water partition coefficient (Wildman–Crippen LogP) is 2.25. The molecule has 20 heavy (non-hydrogen) atoms. The number of halogens is 3. The molecule has 1 unspecified atom stereocenters. The third kappa shape index (κ3) is 2.89. The molecular formula is C10H10F3N3O4. The zero-order chi connectivity index (χ0) is 15.1. The molecule has 1 heterocycles. The molecule has 0 spiro atoms. The van der Waals surface area contributed by atoms with Gasteiger partial charge in [-0.05, 0) is 17.8 Å².